The zero-order valence-corrected chi connectivity index (χ0v) is 14.0. The second-order valence-corrected chi connectivity index (χ2v) is 5.71. The highest BCUT2D eigenvalue weighted by Crippen LogP contribution is 2.25. The number of carbonyl (C=O) groups is 1. The van der Waals surface area contributed by atoms with E-state index in [1.54, 1.807) is 6.08 Å². The van der Waals surface area contributed by atoms with Gasteiger partial charge >= 0.3 is 0 Å². The number of ketones is 1. The number of hydrogen-bond acceptors (Lipinski definition) is 4. The summed E-state index contributed by atoms with van der Waals surface area (Å²) in [7, 11) is 0. The van der Waals surface area contributed by atoms with Crippen molar-refractivity contribution in [2.24, 2.45) is 0 Å². The Morgan fingerprint density at radius 1 is 0.923 bits per heavy atom. The zero-order chi connectivity index (χ0) is 18.4. The molecule has 0 atom stereocenters. The average molecular weight is 346 g/mol. The highest BCUT2D eigenvalue weighted by molar-refractivity contribution is 6.08. The third-order valence-corrected chi connectivity index (χ3v) is 3.82. The van der Waals surface area contributed by atoms with E-state index in [2.05, 4.69) is 0 Å². The molecule has 0 bridgehead atoms. The summed E-state index contributed by atoms with van der Waals surface area (Å²) in [5, 5.41) is 19.1. The molecule has 0 aliphatic carbocycles. The molecule has 0 radical (unpaired) electrons. The molecule has 0 heterocycles. The molecule has 4 heteroatoms. The molecule has 0 aliphatic heterocycles. The third-order valence-electron chi connectivity index (χ3n) is 3.82. The van der Waals surface area contributed by atoms with Crippen LogP contribution in [0.15, 0.2) is 78.9 Å². The average Bonchev–Trinajstić information content (AvgIpc) is 2.66. The van der Waals surface area contributed by atoms with Gasteiger partial charge in [-0.15, -0.1) is 0 Å². The lowest BCUT2D eigenvalue weighted by atomic mass is 10.1. The minimum Gasteiger partial charge on any atom is -0.508 e. The molecule has 3 rings (SSSR count). The standard InChI is InChI=1S/C22H18O4/c23-18-11-12-19(21(25)14-18)20(24)13-10-17-8-4-5-9-22(17)26-15-16-6-2-1-3-7-16/h1-14,23,25H,15H2/b13-10+. The van der Waals surface area contributed by atoms with Crippen molar-refractivity contribution in [3.63, 3.8) is 0 Å². The Morgan fingerprint density at radius 3 is 2.42 bits per heavy atom. The first-order chi connectivity index (χ1) is 12.6. The Labute approximate surface area is 151 Å². The number of allylic oxidation sites excluding steroid dienone is 1. The van der Waals surface area contributed by atoms with Crippen molar-refractivity contribution in [1.82, 2.24) is 0 Å². The summed E-state index contributed by atoms with van der Waals surface area (Å²) in [5.41, 5.74) is 1.94. The van der Waals surface area contributed by atoms with Crippen LogP contribution in [-0.4, -0.2) is 16.0 Å². The minimum atomic E-state index is -0.361. The monoisotopic (exact) mass is 346 g/mol. The van der Waals surface area contributed by atoms with Crippen molar-refractivity contribution in [2.45, 2.75) is 6.61 Å². The quantitative estimate of drug-likeness (QED) is 0.507. The topological polar surface area (TPSA) is 66.8 Å². The minimum absolute atomic E-state index is 0.0947. The van der Waals surface area contributed by atoms with E-state index in [4.69, 9.17) is 4.74 Å². The number of para-hydroxylation sites is 1. The first-order valence-corrected chi connectivity index (χ1v) is 8.13. The number of benzene rings is 3. The van der Waals surface area contributed by atoms with Crippen LogP contribution in [0.2, 0.25) is 0 Å². The van der Waals surface area contributed by atoms with Gasteiger partial charge < -0.3 is 14.9 Å². The molecule has 0 fully saturated rings. The summed E-state index contributed by atoms with van der Waals surface area (Å²) >= 11 is 0. The number of phenolic OH excluding ortho intramolecular Hbond substituents is 2. The van der Waals surface area contributed by atoms with Crippen molar-refractivity contribution >= 4 is 11.9 Å². The van der Waals surface area contributed by atoms with Gasteiger partial charge in [-0.2, -0.15) is 0 Å². The fourth-order valence-electron chi connectivity index (χ4n) is 2.47. The van der Waals surface area contributed by atoms with Gasteiger partial charge in [0.05, 0.1) is 5.56 Å². The van der Waals surface area contributed by atoms with E-state index in [0.29, 0.717) is 12.4 Å². The maximum Gasteiger partial charge on any atom is 0.189 e. The molecule has 3 aromatic carbocycles. The normalized spacial score (nSPS) is 10.8. The molecule has 0 aromatic heterocycles. The molecule has 0 saturated carbocycles. The lowest BCUT2D eigenvalue weighted by Gasteiger charge is -2.09. The Bertz CT molecular complexity index is 930. The van der Waals surface area contributed by atoms with Gasteiger partial charge in [-0.3, -0.25) is 4.79 Å². The van der Waals surface area contributed by atoms with Gasteiger partial charge in [-0.05, 0) is 35.9 Å². The summed E-state index contributed by atoms with van der Waals surface area (Å²) in [5.74, 6) is -0.0494. The Morgan fingerprint density at radius 2 is 1.65 bits per heavy atom. The molecule has 26 heavy (non-hydrogen) atoms. The van der Waals surface area contributed by atoms with Crippen LogP contribution in [0.4, 0.5) is 0 Å². The number of carbonyl (C=O) groups excluding carboxylic acids is 1. The van der Waals surface area contributed by atoms with Crippen LogP contribution < -0.4 is 4.74 Å². The van der Waals surface area contributed by atoms with Crippen LogP contribution in [0.1, 0.15) is 21.5 Å². The highest BCUT2D eigenvalue weighted by Gasteiger charge is 2.09. The van der Waals surface area contributed by atoms with E-state index in [0.717, 1.165) is 17.2 Å². The Balaban J connectivity index is 1.75. The van der Waals surface area contributed by atoms with E-state index in [1.807, 2.05) is 54.6 Å². The third kappa shape index (κ3) is 4.30. The van der Waals surface area contributed by atoms with Crippen LogP contribution >= 0.6 is 0 Å². The molecule has 4 nitrogen and oxygen atoms in total. The van der Waals surface area contributed by atoms with Crippen LogP contribution in [0.3, 0.4) is 0 Å². The molecule has 2 N–H and O–H groups in total. The molecule has 0 amide bonds. The van der Waals surface area contributed by atoms with Gasteiger partial charge in [0.15, 0.2) is 5.78 Å². The van der Waals surface area contributed by atoms with E-state index in [-0.39, 0.29) is 22.8 Å². The summed E-state index contributed by atoms with van der Waals surface area (Å²) in [6, 6.07) is 21.1. The van der Waals surface area contributed by atoms with Crippen LogP contribution in [0, 0.1) is 0 Å². The lowest BCUT2D eigenvalue weighted by Crippen LogP contribution is -1.97. The zero-order valence-electron chi connectivity index (χ0n) is 14.0. The molecule has 0 aliphatic rings. The predicted octanol–water partition coefficient (Wildman–Crippen LogP) is 4.57. The van der Waals surface area contributed by atoms with Crippen LogP contribution in [0.25, 0.3) is 6.08 Å². The molecule has 3 aromatic rings. The largest absolute Gasteiger partial charge is 0.508 e. The predicted molar refractivity (Wildman–Crippen MR) is 100 cm³/mol. The fraction of sp³-hybridized carbons (Fsp3) is 0.0455. The highest BCUT2D eigenvalue weighted by atomic mass is 16.5. The number of aromatic hydroxyl groups is 2. The SMILES string of the molecule is O=C(/C=C/c1ccccc1OCc1ccccc1)c1ccc(O)cc1O. The van der Waals surface area contributed by atoms with Crippen LogP contribution in [-0.2, 0) is 6.61 Å². The van der Waals surface area contributed by atoms with Crippen LogP contribution in [0.5, 0.6) is 17.2 Å². The smallest absolute Gasteiger partial charge is 0.189 e. The van der Waals surface area contributed by atoms with Crippen molar-refractivity contribution in [1.29, 1.82) is 0 Å². The second-order valence-electron chi connectivity index (χ2n) is 5.71. The van der Waals surface area contributed by atoms with Gasteiger partial charge in [0.25, 0.3) is 0 Å². The van der Waals surface area contributed by atoms with E-state index >= 15 is 0 Å². The second kappa shape index (κ2) is 8.03. The summed E-state index contributed by atoms with van der Waals surface area (Å²) in [4.78, 5) is 12.3. The van der Waals surface area contributed by atoms with Gasteiger partial charge in [-0.1, -0.05) is 48.5 Å². The van der Waals surface area contributed by atoms with Gasteiger partial charge in [0.2, 0.25) is 0 Å². The van der Waals surface area contributed by atoms with Gasteiger partial charge in [-0.25, -0.2) is 0 Å². The maximum absolute atomic E-state index is 12.3. The number of rotatable bonds is 6. The van der Waals surface area contributed by atoms with E-state index in [9.17, 15) is 15.0 Å². The maximum atomic E-state index is 12.3. The number of ether oxygens (including phenoxy) is 1. The fourth-order valence-corrected chi connectivity index (χ4v) is 2.47. The molecular formula is C22H18O4. The lowest BCUT2D eigenvalue weighted by molar-refractivity contribution is 0.104. The number of hydrogen-bond donors (Lipinski definition) is 2. The van der Waals surface area contributed by atoms with Gasteiger partial charge in [0.1, 0.15) is 23.9 Å². The Hall–Kier alpha value is -3.53. The molecule has 0 spiro atoms. The van der Waals surface area contributed by atoms with Crippen molar-refractivity contribution in [2.75, 3.05) is 0 Å². The summed E-state index contributed by atoms with van der Waals surface area (Å²) < 4.78 is 5.86. The van der Waals surface area contributed by atoms with Gasteiger partial charge in [0, 0.05) is 11.6 Å². The summed E-state index contributed by atoms with van der Waals surface area (Å²) in [6.07, 6.45) is 3.02. The number of phenols is 2. The van der Waals surface area contributed by atoms with Crippen molar-refractivity contribution < 1.29 is 19.7 Å². The van der Waals surface area contributed by atoms with Crippen molar-refractivity contribution in [3.05, 3.63) is 95.6 Å². The van der Waals surface area contributed by atoms with Crippen molar-refractivity contribution in [3.8, 4) is 17.2 Å². The Kier molecular flexibility index (Phi) is 5.34. The summed E-state index contributed by atoms with van der Waals surface area (Å²) in [6.45, 7) is 0.429. The first-order valence-electron chi connectivity index (χ1n) is 8.13. The molecule has 130 valence electrons. The van der Waals surface area contributed by atoms with E-state index < -0.39 is 0 Å². The first kappa shape index (κ1) is 17.3. The molecule has 0 unspecified atom stereocenters. The molecule has 0 saturated heterocycles. The molecular weight excluding hydrogens is 328 g/mol. The van der Waals surface area contributed by atoms with E-state index in [1.165, 1.54) is 18.2 Å².